The molecule has 0 atom stereocenters. The van der Waals surface area contributed by atoms with Crippen LogP contribution in [0.1, 0.15) is 0 Å². The summed E-state index contributed by atoms with van der Waals surface area (Å²) >= 11 is 0. The highest BCUT2D eigenvalue weighted by atomic mass is 32.2. The molecule has 0 spiro atoms. The van der Waals surface area contributed by atoms with Crippen molar-refractivity contribution in [3.05, 3.63) is 24.0 Å². The molecule has 7 heteroatoms. The quantitative estimate of drug-likeness (QED) is 0.576. The third-order valence-corrected chi connectivity index (χ3v) is 2.97. The molecule has 0 aliphatic heterocycles. The van der Waals surface area contributed by atoms with Crippen molar-refractivity contribution in [3.63, 3.8) is 0 Å². The molecule has 0 radical (unpaired) electrons. The minimum Gasteiger partial charge on any atom is -0.399 e. The predicted octanol–water partition coefficient (Wildman–Crippen LogP) is 0.163. The van der Waals surface area contributed by atoms with Gasteiger partial charge < -0.3 is 5.73 Å². The molecular weight excluding hydrogens is 221 g/mol. The zero-order chi connectivity index (χ0) is 11.6. The summed E-state index contributed by atoms with van der Waals surface area (Å²) < 4.78 is 36.1. The maximum atomic E-state index is 12.9. The second kappa shape index (κ2) is 4.13. The van der Waals surface area contributed by atoms with E-state index in [1.54, 1.807) is 0 Å². The van der Waals surface area contributed by atoms with Gasteiger partial charge in [0, 0.05) is 19.8 Å². The third kappa shape index (κ3) is 3.15. The summed E-state index contributed by atoms with van der Waals surface area (Å²) in [5, 5.41) is 1.25. The lowest BCUT2D eigenvalue weighted by atomic mass is 10.3. The maximum Gasteiger partial charge on any atom is 0.253 e. The molecule has 0 fully saturated rings. The van der Waals surface area contributed by atoms with Crippen LogP contribution in [0.2, 0.25) is 0 Å². The van der Waals surface area contributed by atoms with Gasteiger partial charge >= 0.3 is 0 Å². The van der Waals surface area contributed by atoms with Crippen LogP contribution in [0.3, 0.4) is 0 Å². The van der Waals surface area contributed by atoms with E-state index in [1.165, 1.54) is 25.2 Å². The minimum atomic E-state index is -3.75. The van der Waals surface area contributed by atoms with Gasteiger partial charge in [0.1, 0.15) is 5.82 Å². The van der Waals surface area contributed by atoms with E-state index in [9.17, 15) is 12.8 Å². The van der Waals surface area contributed by atoms with Gasteiger partial charge in [-0.05, 0) is 18.2 Å². The summed E-state index contributed by atoms with van der Waals surface area (Å²) in [5.41, 5.74) is 5.41. The molecule has 0 aromatic heterocycles. The number of hydrogen-bond donors (Lipinski definition) is 2. The van der Waals surface area contributed by atoms with Crippen molar-refractivity contribution >= 4 is 15.7 Å². The molecule has 0 saturated carbocycles. The normalized spacial score (nSPS) is 12.0. The highest BCUT2D eigenvalue weighted by Crippen LogP contribution is 2.15. The topological polar surface area (TPSA) is 75.4 Å². The van der Waals surface area contributed by atoms with Gasteiger partial charge in [-0.25, -0.2) is 17.8 Å². The van der Waals surface area contributed by atoms with Crippen LogP contribution >= 0.6 is 0 Å². The van der Waals surface area contributed by atoms with Gasteiger partial charge in [-0.15, -0.1) is 4.83 Å². The van der Waals surface area contributed by atoms with E-state index < -0.39 is 15.8 Å². The van der Waals surface area contributed by atoms with Crippen LogP contribution in [0.15, 0.2) is 23.1 Å². The number of anilines is 1. The lowest BCUT2D eigenvalue weighted by molar-refractivity contribution is 0.364. The monoisotopic (exact) mass is 233 g/mol. The van der Waals surface area contributed by atoms with E-state index >= 15 is 0 Å². The molecule has 0 aliphatic carbocycles. The number of nitrogens with zero attached hydrogens (tertiary/aromatic N) is 1. The Morgan fingerprint density at radius 1 is 1.33 bits per heavy atom. The van der Waals surface area contributed by atoms with E-state index in [0.29, 0.717) is 0 Å². The first-order chi connectivity index (χ1) is 6.81. The van der Waals surface area contributed by atoms with Crippen molar-refractivity contribution in [2.45, 2.75) is 4.90 Å². The largest absolute Gasteiger partial charge is 0.399 e. The van der Waals surface area contributed by atoms with Crippen LogP contribution in [-0.4, -0.2) is 27.5 Å². The highest BCUT2D eigenvalue weighted by molar-refractivity contribution is 7.89. The maximum absolute atomic E-state index is 12.9. The number of benzene rings is 1. The van der Waals surface area contributed by atoms with Gasteiger partial charge in [-0.3, -0.25) is 0 Å². The van der Waals surface area contributed by atoms with Gasteiger partial charge in [0.2, 0.25) is 0 Å². The summed E-state index contributed by atoms with van der Waals surface area (Å²) in [6.45, 7) is 0. The first-order valence-electron chi connectivity index (χ1n) is 4.07. The number of nitrogens with one attached hydrogen (secondary N) is 1. The summed E-state index contributed by atoms with van der Waals surface area (Å²) in [5.74, 6) is -0.686. The number of halogens is 1. The fourth-order valence-corrected chi connectivity index (χ4v) is 2.18. The molecule has 0 saturated heterocycles. The Labute approximate surface area is 87.7 Å². The van der Waals surface area contributed by atoms with Crippen LogP contribution in [0.25, 0.3) is 0 Å². The Hall–Kier alpha value is -1.18. The van der Waals surface area contributed by atoms with Gasteiger partial charge in [-0.2, -0.15) is 0 Å². The van der Waals surface area contributed by atoms with E-state index in [-0.39, 0.29) is 10.6 Å². The summed E-state index contributed by atoms with van der Waals surface area (Å²) in [6.07, 6.45) is 0. The Morgan fingerprint density at radius 2 is 1.93 bits per heavy atom. The fraction of sp³-hybridized carbons (Fsp3) is 0.250. The highest BCUT2D eigenvalue weighted by Gasteiger charge is 2.16. The number of hydrazine groups is 1. The second-order valence-corrected chi connectivity index (χ2v) is 4.87. The van der Waals surface area contributed by atoms with Crippen LogP contribution in [0, 0.1) is 5.82 Å². The smallest absolute Gasteiger partial charge is 0.253 e. The lowest BCUT2D eigenvalue weighted by Gasteiger charge is -2.12. The van der Waals surface area contributed by atoms with Crippen molar-refractivity contribution in [2.75, 3.05) is 19.8 Å². The van der Waals surface area contributed by atoms with E-state index in [0.717, 1.165) is 12.1 Å². The molecule has 0 unspecified atom stereocenters. The molecular formula is C8H12FN3O2S. The number of rotatable bonds is 3. The molecule has 3 N–H and O–H groups in total. The molecule has 5 nitrogen and oxygen atoms in total. The second-order valence-electron chi connectivity index (χ2n) is 3.21. The molecule has 0 heterocycles. The number of nitrogens with two attached hydrogens (primary N) is 1. The van der Waals surface area contributed by atoms with Crippen molar-refractivity contribution in [1.29, 1.82) is 0 Å². The lowest BCUT2D eigenvalue weighted by Crippen LogP contribution is -2.36. The molecule has 1 aromatic carbocycles. The SMILES string of the molecule is CN(C)NS(=O)(=O)c1cc(N)cc(F)c1. The average Bonchev–Trinajstić information content (AvgIpc) is 1.99. The summed E-state index contributed by atoms with van der Waals surface area (Å²) in [4.78, 5) is 1.97. The Morgan fingerprint density at radius 3 is 2.40 bits per heavy atom. The zero-order valence-electron chi connectivity index (χ0n) is 8.36. The molecule has 0 amide bonds. The molecule has 0 bridgehead atoms. The van der Waals surface area contributed by atoms with Gasteiger partial charge in [0.15, 0.2) is 0 Å². The summed E-state index contributed by atoms with van der Waals surface area (Å²) in [6, 6.07) is 3.14. The first kappa shape index (κ1) is 11.9. The van der Waals surface area contributed by atoms with Crippen molar-refractivity contribution < 1.29 is 12.8 Å². The molecule has 0 aliphatic rings. The Balaban J connectivity index is 3.16. The number of sulfonamides is 1. The first-order valence-corrected chi connectivity index (χ1v) is 5.55. The van der Waals surface area contributed by atoms with Crippen LogP contribution in [0.5, 0.6) is 0 Å². The standard InChI is InChI=1S/C8H12FN3O2S/c1-12(2)11-15(13,14)8-4-6(9)3-7(10)5-8/h3-5,11H,10H2,1-2H3. The van der Waals surface area contributed by atoms with Gasteiger partial charge in [0.25, 0.3) is 10.0 Å². The van der Waals surface area contributed by atoms with Crippen molar-refractivity contribution in [1.82, 2.24) is 9.84 Å². The zero-order valence-corrected chi connectivity index (χ0v) is 9.18. The van der Waals surface area contributed by atoms with Crippen LogP contribution in [-0.2, 0) is 10.0 Å². The van der Waals surface area contributed by atoms with Gasteiger partial charge in [0.05, 0.1) is 4.90 Å². The van der Waals surface area contributed by atoms with Crippen LogP contribution < -0.4 is 10.6 Å². The van der Waals surface area contributed by atoms with Crippen molar-refractivity contribution in [2.24, 2.45) is 0 Å². The number of hydrogen-bond acceptors (Lipinski definition) is 4. The summed E-state index contributed by atoms with van der Waals surface area (Å²) in [7, 11) is -0.720. The van der Waals surface area contributed by atoms with E-state index in [2.05, 4.69) is 4.83 Å². The molecule has 15 heavy (non-hydrogen) atoms. The van der Waals surface area contributed by atoms with Gasteiger partial charge in [-0.1, -0.05) is 0 Å². The van der Waals surface area contributed by atoms with Crippen molar-refractivity contribution in [3.8, 4) is 0 Å². The number of nitrogen functional groups attached to an aromatic ring is 1. The molecule has 1 aromatic rings. The average molecular weight is 233 g/mol. The van der Waals surface area contributed by atoms with Crippen LogP contribution in [0.4, 0.5) is 10.1 Å². The molecule has 84 valence electrons. The minimum absolute atomic E-state index is 0.0640. The Kier molecular flexibility index (Phi) is 3.28. The predicted molar refractivity (Wildman–Crippen MR) is 54.8 cm³/mol. The Bertz CT molecular complexity index is 439. The fourth-order valence-electron chi connectivity index (χ4n) is 1.03. The van der Waals surface area contributed by atoms with E-state index in [4.69, 9.17) is 5.73 Å². The third-order valence-electron chi connectivity index (χ3n) is 1.51. The van der Waals surface area contributed by atoms with E-state index in [1.807, 2.05) is 0 Å². The molecule has 1 rings (SSSR count).